The molecule has 0 amide bonds. The van der Waals surface area contributed by atoms with Crippen molar-refractivity contribution in [2.45, 2.75) is 27.7 Å². The quantitative estimate of drug-likeness (QED) is 0.741. The Balaban J connectivity index is 2.96. The summed E-state index contributed by atoms with van der Waals surface area (Å²) in [6, 6.07) is 0. The molecule has 1 heterocycles. The molecule has 0 atom stereocenters. The van der Waals surface area contributed by atoms with Gasteiger partial charge in [0.05, 0.1) is 0 Å². The van der Waals surface area contributed by atoms with E-state index < -0.39 is 0 Å². The standard InChI is InChI=1S/C11H18ClN3/c1-5-15(6-8(2)3)11-9(4)10(12)13-7-14-11/h7-8H,5-6H2,1-4H3. The zero-order valence-electron chi connectivity index (χ0n) is 9.79. The van der Waals surface area contributed by atoms with E-state index in [-0.39, 0.29) is 0 Å². The Morgan fingerprint density at radius 3 is 2.60 bits per heavy atom. The molecule has 0 fully saturated rings. The number of nitrogens with zero attached hydrogens (tertiary/aromatic N) is 3. The average Bonchev–Trinajstić information content (AvgIpc) is 2.19. The van der Waals surface area contributed by atoms with Crippen LogP contribution in [0, 0.1) is 12.8 Å². The highest BCUT2D eigenvalue weighted by atomic mass is 35.5. The molecule has 0 saturated carbocycles. The summed E-state index contributed by atoms with van der Waals surface area (Å²) in [6.45, 7) is 10.4. The van der Waals surface area contributed by atoms with Crippen LogP contribution >= 0.6 is 11.6 Å². The van der Waals surface area contributed by atoms with Crippen LogP contribution in [0.2, 0.25) is 5.15 Å². The van der Waals surface area contributed by atoms with Gasteiger partial charge in [0.25, 0.3) is 0 Å². The van der Waals surface area contributed by atoms with Gasteiger partial charge in [0.15, 0.2) is 0 Å². The molecule has 0 aliphatic heterocycles. The number of hydrogen-bond donors (Lipinski definition) is 0. The summed E-state index contributed by atoms with van der Waals surface area (Å²) in [5.74, 6) is 1.56. The van der Waals surface area contributed by atoms with Crippen molar-refractivity contribution in [3.05, 3.63) is 17.0 Å². The molecule has 0 spiro atoms. The minimum Gasteiger partial charge on any atom is -0.356 e. The largest absolute Gasteiger partial charge is 0.356 e. The van der Waals surface area contributed by atoms with Gasteiger partial charge in [-0.25, -0.2) is 9.97 Å². The number of halogens is 1. The molecule has 3 nitrogen and oxygen atoms in total. The topological polar surface area (TPSA) is 29.0 Å². The second-order valence-corrected chi connectivity index (χ2v) is 4.40. The van der Waals surface area contributed by atoms with Gasteiger partial charge in [0, 0.05) is 18.7 Å². The Morgan fingerprint density at radius 2 is 2.07 bits per heavy atom. The maximum atomic E-state index is 5.97. The monoisotopic (exact) mass is 227 g/mol. The minimum atomic E-state index is 0.544. The summed E-state index contributed by atoms with van der Waals surface area (Å²) < 4.78 is 0. The van der Waals surface area contributed by atoms with Gasteiger partial charge in [-0.05, 0) is 19.8 Å². The molecule has 1 aromatic rings. The fourth-order valence-electron chi connectivity index (χ4n) is 1.55. The fraction of sp³-hybridized carbons (Fsp3) is 0.636. The number of rotatable bonds is 4. The van der Waals surface area contributed by atoms with Gasteiger partial charge < -0.3 is 4.90 Å². The number of aromatic nitrogens is 2. The molecule has 0 aromatic carbocycles. The lowest BCUT2D eigenvalue weighted by Crippen LogP contribution is -2.28. The molecule has 84 valence electrons. The summed E-state index contributed by atoms with van der Waals surface area (Å²) in [4.78, 5) is 10.5. The van der Waals surface area contributed by atoms with Gasteiger partial charge in [-0.15, -0.1) is 0 Å². The van der Waals surface area contributed by atoms with Gasteiger partial charge in [0.2, 0.25) is 0 Å². The average molecular weight is 228 g/mol. The molecule has 0 unspecified atom stereocenters. The molecule has 0 aliphatic carbocycles. The van der Waals surface area contributed by atoms with Crippen LogP contribution < -0.4 is 4.90 Å². The molecule has 4 heteroatoms. The van der Waals surface area contributed by atoms with Crippen molar-refractivity contribution in [2.75, 3.05) is 18.0 Å². The Kier molecular flexibility index (Phi) is 4.33. The lowest BCUT2D eigenvalue weighted by atomic mass is 10.2. The fourth-order valence-corrected chi connectivity index (χ4v) is 1.67. The third-order valence-corrected chi connectivity index (χ3v) is 2.64. The van der Waals surface area contributed by atoms with E-state index in [0.717, 1.165) is 24.5 Å². The van der Waals surface area contributed by atoms with Crippen molar-refractivity contribution in [1.82, 2.24) is 9.97 Å². The van der Waals surface area contributed by atoms with Crippen molar-refractivity contribution < 1.29 is 0 Å². The molecule has 15 heavy (non-hydrogen) atoms. The van der Waals surface area contributed by atoms with Crippen LogP contribution in [0.1, 0.15) is 26.3 Å². The molecule has 1 aromatic heterocycles. The summed E-state index contributed by atoms with van der Waals surface area (Å²) >= 11 is 5.97. The SMILES string of the molecule is CCN(CC(C)C)c1ncnc(Cl)c1C. The minimum absolute atomic E-state index is 0.544. The van der Waals surface area contributed by atoms with E-state index in [9.17, 15) is 0 Å². The van der Waals surface area contributed by atoms with Crippen LogP contribution in [-0.2, 0) is 0 Å². The van der Waals surface area contributed by atoms with Crippen molar-refractivity contribution in [3.8, 4) is 0 Å². The van der Waals surface area contributed by atoms with Crippen molar-refractivity contribution in [2.24, 2.45) is 5.92 Å². The first-order valence-electron chi connectivity index (χ1n) is 5.28. The molecule has 0 saturated heterocycles. The van der Waals surface area contributed by atoms with Crippen LogP contribution in [-0.4, -0.2) is 23.1 Å². The second-order valence-electron chi connectivity index (χ2n) is 4.05. The highest BCUT2D eigenvalue weighted by molar-refractivity contribution is 6.30. The van der Waals surface area contributed by atoms with Gasteiger partial charge in [-0.3, -0.25) is 0 Å². The van der Waals surface area contributed by atoms with Crippen LogP contribution in [0.25, 0.3) is 0 Å². The van der Waals surface area contributed by atoms with Crippen molar-refractivity contribution in [3.63, 3.8) is 0 Å². The van der Waals surface area contributed by atoms with Gasteiger partial charge in [0.1, 0.15) is 17.3 Å². The maximum Gasteiger partial charge on any atom is 0.137 e. The van der Waals surface area contributed by atoms with E-state index in [1.165, 1.54) is 6.33 Å². The highest BCUT2D eigenvalue weighted by Crippen LogP contribution is 2.22. The molecule has 0 bridgehead atoms. The second kappa shape index (κ2) is 5.31. The van der Waals surface area contributed by atoms with Crippen LogP contribution in [0.15, 0.2) is 6.33 Å². The van der Waals surface area contributed by atoms with E-state index in [2.05, 4.69) is 35.6 Å². The molecular formula is C11H18ClN3. The Morgan fingerprint density at radius 1 is 1.40 bits per heavy atom. The zero-order valence-corrected chi connectivity index (χ0v) is 10.5. The first kappa shape index (κ1) is 12.2. The number of anilines is 1. The number of hydrogen-bond acceptors (Lipinski definition) is 3. The first-order valence-corrected chi connectivity index (χ1v) is 5.66. The summed E-state index contributed by atoms with van der Waals surface area (Å²) in [5.41, 5.74) is 0.960. The lowest BCUT2D eigenvalue weighted by molar-refractivity contribution is 0.613. The van der Waals surface area contributed by atoms with Crippen LogP contribution in [0.5, 0.6) is 0 Å². The van der Waals surface area contributed by atoms with E-state index in [4.69, 9.17) is 11.6 Å². The third kappa shape index (κ3) is 3.06. The maximum absolute atomic E-state index is 5.97. The summed E-state index contributed by atoms with van der Waals surface area (Å²) in [6.07, 6.45) is 1.52. The lowest BCUT2D eigenvalue weighted by Gasteiger charge is -2.25. The van der Waals surface area contributed by atoms with E-state index in [0.29, 0.717) is 11.1 Å². The normalized spacial score (nSPS) is 10.8. The van der Waals surface area contributed by atoms with E-state index in [1.54, 1.807) is 0 Å². The van der Waals surface area contributed by atoms with Gasteiger partial charge in [-0.1, -0.05) is 25.4 Å². The molecule has 0 N–H and O–H groups in total. The van der Waals surface area contributed by atoms with Crippen LogP contribution in [0.4, 0.5) is 5.82 Å². The van der Waals surface area contributed by atoms with Gasteiger partial charge in [-0.2, -0.15) is 0 Å². The zero-order chi connectivity index (χ0) is 11.4. The predicted molar refractivity (Wildman–Crippen MR) is 64.5 cm³/mol. The highest BCUT2D eigenvalue weighted by Gasteiger charge is 2.12. The Labute approximate surface area is 96.5 Å². The molecule has 0 aliphatic rings. The Hall–Kier alpha value is -0.830. The molecule has 1 rings (SSSR count). The summed E-state index contributed by atoms with van der Waals surface area (Å²) in [5, 5.41) is 0.544. The van der Waals surface area contributed by atoms with Gasteiger partial charge >= 0.3 is 0 Å². The van der Waals surface area contributed by atoms with Crippen LogP contribution in [0.3, 0.4) is 0 Å². The molecular weight excluding hydrogens is 210 g/mol. The molecule has 0 radical (unpaired) electrons. The summed E-state index contributed by atoms with van der Waals surface area (Å²) in [7, 11) is 0. The van der Waals surface area contributed by atoms with Crippen molar-refractivity contribution >= 4 is 17.4 Å². The predicted octanol–water partition coefficient (Wildman–Crippen LogP) is 2.92. The Bertz CT molecular complexity index is 326. The van der Waals surface area contributed by atoms with E-state index >= 15 is 0 Å². The first-order chi connectivity index (χ1) is 7.06. The third-order valence-electron chi connectivity index (χ3n) is 2.26. The smallest absolute Gasteiger partial charge is 0.137 e. The van der Waals surface area contributed by atoms with E-state index in [1.807, 2.05) is 6.92 Å². The van der Waals surface area contributed by atoms with Crippen molar-refractivity contribution in [1.29, 1.82) is 0 Å².